The molecule has 1 fully saturated rings. The average molecular weight is 336 g/mol. The minimum Gasteiger partial charge on any atom is -0.481 e. The van der Waals surface area contributed by atoms with Crippen molar-refractivity contribution in [2.75, 3.05) is 21.3 Å². The van der Waals surface area contributed by atoms with Crippen LogP contribution in [0.15, 0.2) is 0 Å². The highest BCUT2D eigenvalue weighted by Gasteiger charge is 2.42. The number of rotatable bonds is 6. The van der Waals surface area contributed by atoms with E-state index < -0.39 is 11.8 Å². The Bertz CT molecular complexity index is 630. The quantitative estimate of drug-likeness (QED) is 0.712. The minimum absolute atomic E-state index is 0.0323. The van der Waals surface area contributed by atoms with Gasteiger partial charge in [-0.2, -0.15) is 9.97 Å². The highest BCUT2D eigenvalue weighted by Crippen LogP contribution is 2.41. The summed E-state index contributed by atoms with van der Waals surface area (Å²) in [6.07, 6.45) is 0.222. The summed E-state index contributed by atoms with van der Waals surface area (Å²) < 4.78 is 15.5. The lowest BCUT2D eigenvalue weighted by Gasteiger charge is -2.27. The van der Waals surface area contributed by atoms with Gasteiger partial charge in [0, 0.05) is 25.2 Å². The molecule has 1 aliphatic rings. The van der Waals surface area contributed by atoms with Crippen LogP contribution in [0.5, 0.6) is 17.8 Å². The van der Waals surface area contributed by atoms with E-state index in [-0.39, 0.29) is 54.4 Å². The molecule has 0 amide bonds. The molecule has 0 unspecified atom stereocenters. The van der Waals surface area contributed by atoms with Crippen molar-refractivity contribution >= 4 is 17.3 Å². The number of carbonyl (C=O) groups is 3. The van der Waals surface area contributed by atoms with Crippen LogP contribution >= 0.6 is 0 Å². The van der Waals surface area contributed by atoms with E-state index in [1.165, 1.54) is 21.3 Å². The third-order valence-corrected chi connectivity index (χ3v) is 4.04. The van der Waals surface area contributed by atoms with Crippen molar-refractivity contribution in [1.29, 1.82) is 0 Å². The monoisotopic (exact) mass is 336 g/mol. The molecule has 1 aliphatic carbocycles. The van der Waals surface area contributed by atoms with Crippen molar-refractivity contribution in [2.45, 2.75) is 32.1 Å². The molecule has 0 saturated heterocycles. The summed E-state index contributed by atoms with van der Waals surface area (Å²) in [6.45, 7) is 1.64. The molecule has 0 N–H and O–H groups in total. The molecule has 1 saturated carbocycles. The number of hydrogen-bond donors (Lipinski definition) is 0. The Morgan fingerprint density at radius 2 is 1.50 bits per heavy atom. The summed E-state index contributed by atoms with van der Waals surface area (Å²) in [5.41, 5.74) is 0.435. The van der Waals surface area contributed by atoms with Gasteiger partial charge in [0.05, 0.1) is 26.9 Å². The van der Waals surface area contributed by atoms with Gasteiger partial charge in [0.2, 0.25) is 11.8 Å². The van der Waals surface area contributed by atoms with Crippen LogP contribution in [-0.4, -0.2) is 48.6 Å². The highest BCUT2D eigenvalue weighted by molar-refractivity contribution is 6.20. The van der Waals surface area contributed by atoms with Gasteiger partial charge in [0.15, 0.2) is 17.3 Å². The van der Waals surface area contributed by atoms with Gasteiger partial charge in [-0.3, -0.25) is 14.4 Å². The second-order valence-corrected chi connectivity index (χ2v) is 5.43. The molecule has 1 heterocycles. The Hall–Kier alpha value is -2.51. The van der Waals surface area contributed by atoms with Crippen LogP contribution in [0.2, 0.25) is 0 Å². The fourth-order valence-electron chi connectivity index (χ4n) is 2.90. The molecule has 24 heavy (non-hydrogen) atoms. The molecule has 0 atom stereocenters. The van der Waals surface area contributed by atoms with Crippen LogP contribution in [0.3, 0.4) is 0 Å². The van der Waals surface area contributed by atoms with E-state index in [2.05, 4.69) is 9.97 Å². The topological polar surface area (TPSA) is 105 Å². The zero-order valence-corrected chi connectivity index (χ0v) is 14.1. The highest BCUT2D eigenvalue weighted by atomic mass is 16.5. The summed E-state index contributed by atoms with van der Waals surface area (Å²) in [5, 5.41) is 0. The van der Waals surface area contributed by atoms with E-state index in [1.54, 1.807) is 6.92 Å². The Morgan fingerprint density at radius 1 is 1.00 bits per heavy atom. The van der Waals surface area contributed by atoms with Gasteiger partial charge in [0.25, 0.3) is 0 Å². The SMILES string of the molecule is CCC(=O)C1C(=O)CC(c2c(OC)nc(OC)nc2OC)CC1=O. The largest absolute Gasteiger partial charge is 0.481 e. The summed E-state index contributed by atoms with van der Waals surface area (Å²) in [4.78, 5) is 44.7. The molecule has 0 aromatic carbocycles. The molecule has 0 bridgehead atoms. The number of methoxy groups -OCH3 is 3. The first-order chi connectivity index (χ1) is 11.5. The number of ketones is 3. The van der Waals surface area contributed by atoms with Crippen molar-refractivity contribution in [3.8, 4) is 17.8 Å². The molecule has 2 rings (SSSR count). The fraction of sp³-hybridized carbons (Fsp3) is 0.562. The van der Waals surface area contributed by atoms with Gasteiger partial charge in [0.1, 0.15) is 5.92 Å². The zero-order chi connectivity index (χ0) is 17.9. The van der Waals surface area contributed by atoms with Crippen LogP contribution in [0.1, 0.15) is 37.7 Å². The maximum atomic E-state index is 12.3. The number of carbonyl (C=O) groups excluding carboxylic acids is 3. The van der Waals surface area contributed by atoms with Crippen molar-refractivity contribution in [1.82, 2.24) is 9.97 Å². The molecule has 1 aromatic heterocycles. The fourth-order valence-corrected chi connectivity index (χ4v) is 2.90. The predicted molar refractivity (Wildman–Crippen MR) is 82.5 cm³/mol. The first-order valence-electron chi connectivity index (χ1n) is 7.58. The smallest absolute Gasteiger partial charge is 0.322 e. The average Bonchev–Trinajstić information content (AvgIpc) is 2.59. The molecule has 8 nitrogen and oxygen atoms in total. The van der Waals surface area contributed by atoms with Crippen LogP contribution < -0.4 is 14.2 Å². The first kappa shape index (κ1) is 17.8. The maximum absolute atomic E-state index is 12.3. The normalized spacial score (nSPS) is 20.7. The Labute approximate surface area is 139 Å². The summed E-state index contributed by atoms with van der Waals surface area (Å²) in [6, 6.07) is 0.0555. The van der Waals surface area contributed by atoms with Crippen LogP contribution in [0.4, 0.5) is 0 Å². The third kappa shape index (κ3) is 3.22. The number of Topliss-reactive ketones (excluding diaryl/α,β-unsaturated/α-hetero) is 3. The van der Waals surface area contributed by atoms with Gasteiger partial charge in [-0.25, -0.2) is 0 Å². The molecule has 1 aromatic rings. The molecule has 0 radical (unpaired) electrons. The van der Waals surface area contributed by atoms with Crippen LogP contribution in [-0.2, 0) is 14.4 Å². The van der Waals surface area contributed by atoms with Gasteiger partial charge in [-0.1, -0.05) is 6.92 Å². The van der Waals surface area contributed by atoms with Crippen molar-refractivity contribution in [2.24, 2.45) is 5.92 Å². The lowest BCUT2D eigenvalue weighted by Crippen LogP contribution is -2.38. The number of nitrogens with zero attached hydrogens (tertiary/aromatic N) is 2. The van der Waals surface area contributed by atoms with E-state index in [0.29, 0.717) is 5.56 Å². The maximum Gasteiger partial charge on any atom is 0.322 e. The second-order valence-electron chi connectivity index (χ2n) is 5.43. The Morgan fingerprint density at radius 3 is 1.88 bits per heavy atom. The van der Waals surface area contributed by atoms with Crippen LogP contribution in [0.25, 0.3) is 0 Å². The van der Waals surface area contributed by atoms with E-state index in [1.807, 2.05) is 0 Å². The standard InChI is InChI=1S/C16H20N2O6/c1-5-9(19)13-10(20)6-8(7-11(13)21)12-14(22-2)17-16(24-4)18-15(12)23-3/h8,13H,5-7H2,1-4H3. The predicted octanol–water partition coefficient (Wildman–Crippen LogP) is 1.11. The molecule has 8 heteroatoms. The summed E-state index contributed by atoms with van der Waals surface area (Å²) in [7, 11) is 4.24. The van der Waals surface area contributed by atoms with Gasteiger partial charge >= 0.3 is 6.01 Å². The Kier molecular flexibility index (Phi) is 5.48. The van der Waals surface area contributed by atoms with Gasteiger partial charge in [-0.15, -0.1) is 0 Å². The van der Waals surface area contributed by atoms with Gasteiger partial charge in [-0.05, 0) is 0 Å². The zero-order valence-electron chi connectivity index (χ0n) is 14.1. The van der Waals surface area contributed by atoms with Crippen molar-refractivity contribution in [3.05, 3.63) is 5.56 Å². The number of ether oxygens (including phenoxy) is 3. The van der Waals surface area contributed by atoms with Gasteiger partial charge < -0.3 is 14.2 Å². The van der Waals surface area contributed by atoms with E-state index in [4.69, 9.17) is 14.2 Å². The Balaban J connectivity index is 2.41. The van der Waals surface area contributed by atoms with E-state index >= 15 is 0 Å². The number of hydrogen-bond acceptors (Lipinski definition) is 8. The van der Waals surface area contributed by atoms with E-state index in [9.17, 15) is 14.4 Å². The molecule has 0 spiro atoms. The van der Waals surface area contributed by atoms with Crippen molar-refractivity contribution in [3.63, 3.8) is 0 Å². The molecular weight excluding hydrogens is 316 g/mol. The molecule has 130 valence electrons. The summed E-state index contributed by atoms with van der Waals surface area (Å²) in [5.74, 6) is -2.39. The van der Waals surface area contributed by atoms with Crippen molar-refractivity contribution < 1.29 is 28.6 Å². The summed E-state index contributed by atoms with van der Waals surface area (Å²) >= 11 is 0. The first-order valence-corrected chi connectivity index (χ1v) is 7.58. The molecular formula is C16H20N2O6. The second kappa shape index (κ2) is 7.37. The van der Waals surface area contributed by atoms with Crippen LogP contribution in [0, 0.1) is 5.92 Å². The minimum atomic E-state index is -1.15. The lowest BCUT2D eigenvalue weighted by atomic mass is 9.75. The third-order valence-electron chi connectivity index (χ3n) is 4.04. The lowest BCUT2D eigenvalue weighted by molar-refractivity contribution is -0.142. The number of aromatic nitrogens is 2. The van der Waals surface area contributed by atoms with E-state index in [0.717, 1.165) is 0 Å². The molecule has 0 aliphatic heterocycles.